The molecular formula is C25H23N5O4S2. The van der Waals surface area contributed by atoms with Crippen LogP contribution in [0, 0.1) is 6.92 Å². The molecule has 1 N–H and O–H groups in total. The van der Waals surface area contributed by atoms with Gasteiger partial charge in [-0.05, 0) is 43.0 Å². The monoisotopic (exact) mass is 521 g/mol. The molecule has 4 heterocycles. The summed E-state index contributed by atoms with van der Waals surface area (Å²) in [7, 11) is 1.78. The highest BCUT2D eigenvalue weighted by molar-refractivity contribution is 7.14. The predicted octanol–water partition coefficient (Wildman–Crippen LogP) is 4.03. The average Bonchev–Trinajstić information content (AvgIpc) is 3.67. The highest BCUT2D eigenvalue weighted by Crippen LogP contribution is 2.38. The molecule has 0 bridgehead atoms. The summed E-state index contributed by atoms with van der Waals surface area (Å²) in [6.45, 7) is 2.58. The summed E-state index contributed by atoms with van der Waals surface area (Å²) in [6, 6.07) is 12.4. The number of hydrogen-bond acceptors (Lipinski definition) is 8. The molecule has 9 nitrogen and oxygen atoms in total. The molecule has 184 valence electrons. The Kier molecular flexibility index (Phi) is 6.66. The molecule has 0 saturated carbocycles. The van der Waals surface area contributed by atoms with Crippen molar-refractivity contribution in [3.05, 3.63) is 80.7 Å². The van der Waals surface area contributed by atoms with Crippen LogP contribution in [0.3, 0.4) is 0 Å². The third-order valence-corrected chi connectivity index (χ3v) is 7.55. The number of rotatable bonds is 8. The standard InChI is InChI=1S/C25H23N5O4S2/c1-15-13-17(28-29(15)2)23(32)26-10-6-11-30(24(33)20-9-5-12-35-20)25-27-18(14-36-25)22-21(31)16-7-3-4-8-19(16)34-22/h3-5,7-9,12-14,22H,6,10-11H2,1-2H3,(H,26,32). The molecule has 0 saturated heterocycles. The van der Waals surface area contributed by atoms with Crippen molar-refractivity contribution in [3.63, 3.8) is 0 Å². The fourth-order valence-electron chi connectivity index (χ4n) is 3.83. The van der Waals surface area contributed by atoms with Crippen LogP contribution in [0.25, 0.3) is 0 Å². The molecule has 1 aliphatic rings. The molecule has 1 aromatic carbocycles. The second-order valence-corrected chi connectivity index (χ2v) is 10.0. The Bertz CT molecular complexity index is 1410. The van der Waals surface area contributed by atoms with E-state index in [1.54, 1.807) is 52.3 Å². The minimum absolute atomic E-state index is 0.147. The number of aryl methyl sites for hydroxylation is 2. The van der Waals surface area contributed by atoms with E-state index in [1.807, 2.05) is 24.4 Å². The zero-order chi connectivity index (χ0) is 25.2. The van der Waals surface area contributed by atoms with Gasteiger partial charge in [0.2, 0.25) is 11.9 Å². The van der Waals surface area contributed by atoms with Crippen LogP contribution >= 0.6 is 22.7 Å². The van der Waals surface area contributed by atoms with Gasteiger partial charge in [0.15, 0.2) is 5.13 Å². The van der Waals surface area contributed by atoms with Crippen LogP contribution < -0.4 is 15.0 Å². The Labute approximate surface area is 215 Å². The Hall–Kier alpha value is -3.83. The summed E-state index contributed by atoms with van der Waals surface area (Å²) in [5, 5.41) is 11.1. The Morgan fingerprint density at radius 2 is 2.03 bits per heavy atom. The number of ketones is 1. The first kappa shape index (κ1) is 23.9. The zero-order valence-electron chi connectivity index (χ0n) is 19.6. The van der Waals surface area contributed by atoms with Crippen molar-refractivity contribution in [1.82, 2.24) is 20.1 Å². The molecule has 5 rings (SSSR count). The third-order valence-electron chi connectivity index (χ3n) is 5.81. The van der Waals surface area contributed by atoms with Gasteiger partial charge in [-0.25, -0.2) is 4.98 Å². The molecule has 1 aliphatic heterocycles. The van der Waals surface area contributed by atoms with Gasteiger partial charge in [0.25, 0.3) is 11.8 Å². The number of anilines is 1. The molecule has 0 fully saturated rings. The van der Waals surface area contributed by atoms with Gasteiger partial charge in [-0.1, -0.05) is 18.2 Å². The van der Waals surface area contributed by atoms with Gasteiger partial charge in [0.1, 0.15) is 17.1 Å². The van der Waals surface area contributed by atoms with Crippen LogP contribution in [0.1, 0.15) is 54.4 Å². The highest BCUT2D eigenvalue weighted by Gasteiger charge is 2.35. The maximum atomic E-state index is 13.3. The number of amides is 2. The van der Waals surface area contributed by atoms with Crippen LogP contribution in [-0.2, 0) is 7.05 Å². The summed E-state index contributed by atoms with van der Waals surface area (Å²) in [5.74, 6) is -0.0548. The summed E-state index contributed by atoms with van der Waals surface area (Å²) in [4.78, 5) is 45.3. The first-order valence-electron chi connectivity index (χ1n) is 11.3. The molecule has 3 aromatic heterocycles. The van der Waals surface area contributed by atoms with E-state index in [-0.39, 0.29) is 17.6 Å². The number of ether oxygens (including phenoxy) is 1. The van der Waals surface area contributed by atoms with Gasteiger partial charge in [0.05, 0.1) is 10.4 Å². The van der Waals surface area contributed by atoms with Crippen LogP contribution in [0.4, 0.5) is 5.13 Å². The van der Waals surface area contributed by atoms with E-state index in [9.17, 15) is 14.4 Å². The largest absolute Gasteiger partial charge is 0.475 e. The lowest BCUT2D eigenvalue weighted by atomic mass is 10.1. The number of aromatic nitrogens is 3. The number of benzene rings is 1. The summed E-state index contributed by atoms with van der Waals surface area (Å²) in [6.07, 6.45) is -0.319. The summed E-state index contributed by atoms with van der Waals surface area (Å²) < 4.78 is 7.49. The van der Waals surface area contributed by atoms with E-state index in [4.69, 9.17) is 4.74 Å². The number of fused-ring (bicyclic) bond motifs is 1. The van der Waals surface area contributed by atoms with Crippen molar-refractivity contribution in [1.29, 1.82) is 0 Å². The van der Waals surface area contributed by atoms with E-state index in [0.29, 0.717) is 52.2 Å². The smallest absolute Gasteiger partial charge is 0.271 e. The third kappa shape index (κ3) is 4.67. The van der Waals surface area contributed by atoms with E-state index in [0.717, 1.165) is 5.69 Å². The van der Waals surface area contributed by atoms with Crippen LogP contribution in [0.15, 0.2) is 53.2 Å². The highest BCUT2D eigenvalue weighted by atomic mass is 32.1. The van der Waals surface area contributed by atoms with Crippen molar-refractivity contribution in [2.75, 3.05) is 18.0 Å². The lowest BCUT2D eigenvalue weighted by molar-refractivity contribution is 0.0853. The van der Waals surface area contributed by atoms with Crippen molar-refractivity contribution >= 4 is 45.4 Å². The van der Waals surface area contributed by atoms with Crippen LogP contribution in [-0.4, -0.2) is 45.5 Å². The maximum Gasteiger partial charge on any atom is 0.271 e. The number of carbonyl (C=O) groups excluding carboxylic acids is 3. The van der Waals surface area contributed by atoms with Gasteiger partial charge in [-0.15, -0.1) is 22.7 Å². The maximum absolute atomic E-state index is 13.3. The molecule has 1 atom stereocenters. The van der Waals surface area contributed by atoms with Gasteiger partial charge in [-0.3, -0.25) is 24.0 Å². The first-order chi connectivity index (χ1) is 17.4. The second-order valence-electron chi connectivity index (χ2n) is 8.25. The molecule has 36 heavy (non-hydrogen) atoms. The molecule has 2 amide bonds. The molecule has 0 radical (unpaired) electrons. The van der Waals surface area contributed by atoms with Crippen LogP contribution in [0.2, 0.25) is 0 Å². The van der Waals surface area contributed by atoms with Gasteiger partial charge in [-0.2, -0.15) is 5.10 Å². The lowest BCUT2D eigenvalue weighted by Crippen LogP contribution is -2.34. The van der Waals surface area contributed by atoms with E-state index in [2.05, 4.69) is 15.4 Å². The predicted molar refractivity (Wildman–Crippen MR) is 137 cm³/mol. The fraction of sp³-hybridized carbons (Fsp3) is 0.240. The van der Waals surface area contributed by atoms with Crippen molar-refractivity contribution in [2.24, 2.45) is 7.05 Å². The molecule has 1 unspecified atom stereocenters. The van der Waals surface area contributed by atoms with Crippen LogP contribution in [0.5, 0.6) is 5.75 Å². The normalized spacial score (nSPS) is 14.4. The van der Waals surface area contributed by atoms with Crippen molar-refractivity contribution in [2.45, 2.75) is 19.4 Å². The van der Waals surface area contributed by atoms with E-state index >= 15 is 0 Å². The zero-order valence-corrected chi connectivity index (χ0v) is 21.3. The van der Waals surface area contributed by atoms with E-state index in [1.165, 1.54) is 22.7 Å². The van der Waals surface area contributed by atoms with Gasteiger partial charge >= 0.3 is 0 Å². The number of Topliss-reactive ketones (excluding diaryl/α,β-unsaturated/α-hetero) is 1. The van der Waals surface area contributed by atoms with E-state index < -0.39 is 6.10 Å². The number of nitrogens with one attached hydrogen (secondary N) is 1. The van der Waals surface area contributed by atoms with Crippen molar-refractivity contribution < 1.29 is 19.1 Å². The number of nitrogens with zero attached hydrogens (tertiary/aromatic N) is 4. The number of carbonyl (C=O) groups is 3. The second kappa shape index (κ2) is 10.0. The molecule has 0 aliphatic carbocycles. The van der Waals surface area contributed by atoms with Gasteiger partial charge in [0, 0.05) is 31.2 Å². The number of hydrogen-bond donors (Lipinski definition) is 1. The average molecular weight is 522 g/mol. The molecule has 11 heteroatoms. The fourth-order valence-corrected chi connectivity index (χ4v) is 5.36. The number of thiophene rings is 1. The number of para-hydroxylation sites is 1. The Morgan fingerprint density at radius 1 is 1.19 bits per heavy atom. The van der Waals surface area contributed by atoms with Crippen molar-refractivity contribution in [3.8, 4) is 5.75 Å². The van der Waals surface area contributed by atoms with Gasteiger partial charge < -0.3 is 10.1 Å². The quantitative estimate of drug-likeness (QED) is 0.351. The molecule has 0 spiro atoms. The minimum Gasteiger partial charge on any atom is -0.475 e. The molecular weight excluding hydrogens is 498 g/mol. The Morgan fingerprint density at radius 3 is 2.75 bits per heavy atom. The summed E-state index contributed by atoms with van der Waals surface area (Å²) in [5.41, 5.74) is 2.25. The lowest BCUT2D eigenvalue weighted by Gasteiger charge is -2.19. The Balaban J connectivity index is 1.28. The molecule has 4 aromatic rings. The minimum atomic E-state index is -0.827. The first-order valence-corrected chi connectivity index (χ1v) is 13.1. The topological polar surface area (TPSA) is 106 Å². The summed E-state index contributed by atoms with van der Waals surface area (Å²) >= 11 is 2.63. The number of thiazole rings is 1. The SMILES string of the molecule is Cc1cc(C(=O)NCCCN(C(=O)c2cccs2)c2nc(C3Oc4ccccc4C3=O)cs2)nn1C.